The lowest BCUT2D eigenvalue weighted by molar-refractivity contribution is 0.0503. The average Bonchev–Trinajstić information content (AvgIpc) is 2.56. The van der Waals surface area contributed by atoms with Crippen LogP contribution in [0.3, 0.4) is 0 Å². The number of rotatable bonds is 0. The summed E-state index contributed by atoms with van der Waals surface area (Å²) in [5.74, 6) is 0.925. The van der Waals surface area contributed by atoms with Gasteiger partial charge in [-0.1, -0.05) is 18.2 Å². The molecule has 1 fully saturated rings. The molecule has 0 radical (unpaired) electrons. The molecule has 0 aromatic heterocycles. The van der Waals surface area contributed by atoms with Crippen molar-refractivity contribution < 1.29 is 14.6 Å². The summed E-state index contributed by atoms with van der Waals surface area (Å²) < 4.78 is 5.78. The lowest BCUT2D eigenvalue weighted by Gasteiger charge is -2.38. The van der Waals surface area contributed by atoms with Gasteiger partial charge >= 0.3 is 6.09 Å². The molecule has 1 N–H and O–H groups in total. The van der Waals surface area contributed by atoms with Crippen LogP contribution in [0.15, 0.2) is 24.3 Å². The number of carboxylic acid groups (broad SMARTS) is 1. The first kappa shape index (κ1) is 11.3. The average molecular weight is 248 g/mol. The zero-order valence-corrected chi connectivity index (χ0v) is 10.1. The van der Waals surface area contributed by atoms with Gasteiger partial charge in [-0.25, -0.2) is 4.79 Å². The third-order valence-corrected chi connectivity index (χ3v) is 3.65. The molecule has 1 atom stereocenters. The first-order valence-corrected chi connectivity index (χ1v) is 6.16. The number of piperazine rings is 1. The number of amides is 1. The van der Waals surface area contributed by atoms with Gasteiger partial charge in [-0.05, 0) is 6.07 Å². The van der Waals surface area contributed by atoms with Crippen molar-refractivity contribution in [3.63, 3.8) is 0 Å². The maximum atomic E-state index is 11.0. The van der Waals surface area contributed by atoms with Crippen LogP contribution in [0, 0.1) is 0 Å². The fourth-order valence-corrected chi connectivity index (χ4v) is 2.61. The lowest BCUT2D eigenvalue weighted by Crippen LogP contribution is -2.55. The standard InChI is InChI=1S/C13H16N2O3/c16-13(17)15-6-5-14-7-10-3-1-2-4-12(10)18-9-11(14)8-15/h1-4,11H,5-9H2,(H,16,17). The Balaban J connectivity index is 1.78. The zero-order valence-electron chi connectivity index (χ0n) is 10.1. The summed E-state index contributed by atoms with van der Waals surface area (Å²) in [6, 6.07) is 8.18. The normalized spacial score (nSPS) is 23.6. The molecule has 0 saturated carbocycles. The number of ether oxygens (including phenoxy) is 1. The van der Waals surface area contributed by atoms with Crippen LogP contribution in [-0.4, -0.2) is 53.3 Å². The summed E-state index contributed by atoms with van der Waals surface area (Å²) in [4.78, 5) is 14.8. The van der Waals surface area contributed by atoms with E-state index in [1.165, 1.54) is 10.5 Å². The quantitative estimate of drug-likeness (QED) is 0.750. The van der Waals surface area contributed by atoms with E-state index in [0.29, 0.717) is 19.7 Å². The van der Waals surface area contributed by atoms with Crippen molar-refractivity contribution in [2.75, 3.05) is 26.2 Å². The number of fused-ring (bicyclic) bond motifs is 2. The van der Waals surface area contributed by atoms with Crippen molar-refractivity contribution in [3.05, 3.63) is 29.8 Å². The van der Waals surface area contributed by atoms with Gasteiger partial charge in [0.25, 0.3) is 0 Å². The predicted octanol–water partition coefficient (Wildman–Crippen LogP) is 1.24. The van der Waals surface area contributed by atoms with Crippen LogP contribution in [0.2, 0.25) is 0 Å². The third-order valence-electron chi connectivity index (χ3n) is 3.65. The molecule has 2 heterocycles. The first-order chi connectivity index (χ1) is 8.74. The Morgan fingerprint density at radius 1 is 1.33 bits per heavy atom. The molecule has 2 aliphatic rings. The van der Waals surface area contributed by atoms with Gasteiger partial charge in [0.1, 0.15) is 12.4 Å². The molecule has 96 valence electrons. The Kier molecular flexibility index (Phi) is 2.83. The van der Waals surface area contributed by atoms with Crippen LogP contribution in [0.4, 0.5) is 4.79 Å². The second kappa shape index (κ2) is 4.49. The van der Waals surface area contributed by atoms with Crippen molar-refractivity contribution in [1.29, 1.82) is 0 Å². The van der Waals surface area contributed by atoms with Gasteiger partial charge in [-0.2, -0.15) is 0 Å². The molecule has 18 heavy (non-hydrogen) atoms. The summed E-state index contributed by atoms with van der Waals surface area (Å²) in [6.07, 6.45) is -0.837. The number of hydrogen-bond donors (Lipinski definition) is 1. The molecule has 1 amide bonds. The summed E-state index contributed by atoms with van der Waals surface area (Å²) in [5, 5.41) is 9.04. The second-order valence-electron chi connectivity index (χ2n) is 4.77. The Hall–Kier alpha value is -1.75. The van der Waals surface area contributed by atoms with Gasteiger partial charge in [-0.3, -0.25) is 4.90 Å². The smallest absolute Gasteiger partial charge is 0.407 e. The number of nitrogens with zero attached hydrogens (tertiary/aromatic N) is 2. The highest BCUT2D eigenvalue weighted by molar-refractivity contribution is 5.65. The molecule has 1 aromatic rings. The maximum Gasteiger partial charge on any atom is 0.407 e. The van der Waals surface area contributed by atoms with E-state index in [0.717, 1.165) is 18.8 Å². The van der Waals surface area contributed by atoms with Gasteiger partial charge in [0.05, 0.1) is 6.04 Å². The molecule has 0 bridgehead atoms. The van der Waals surface area contributed by atoms with Crippen molar-refractivity contribution in [2.45, 2.75) is 12.6 Å². The summed E-state index contributed by atoms with van der Waals surface area (Å²) in [7, 11) is 0. The maximum absolute atomic E-state index is 11.0. The molecule has 5 nitrogen and oxygen atoms in total. The minimum atomic E-state index is -0.837. The molecule has 1 saturated heterocycles. The molecule has 1 unspecified atom stereocenters. The minimum absolute atomic E-state index is 0.155. The third kappa shape index (κ3) is 2.01. The van der Waals surface area contributed by atoms with Gasteiger partial charge in [0, 0.05) is 31.7 Å². The molecule has 2 aliphatic heterocycles. The van der Waals surface area contributed by atoms with E-state index >= 15 is 0 Å². The highest BCUT2D eigenvalue weighted by Crippen LogP contribution is 2.26. The SMILES string of the molecule is O=C(O)N1CCN2Cc3ccccc3OCC2C1. The number of carbonyl (C=O) groups is 1. The molecule has 5 heteroatoms. The van der Waals surface area contributed by atoms with Crippen LogP contribution < -0.4 is 4.74 Å². The molecular weight excluding hydrogens is 232 g/mol. The Labute approximate surface area is 106 Å². The molecule has 0 spiro atoms. The zero-order chi connectivity index (χ0) is 12.5. The van der Waals surface area contributed by atoms with Crippen LogP contribution in [0.25, 0.3) is 0 Å². The van der Waals surface area contributed by atoms with Gasteiger partial charge < -0.3 is 14.7 Å². The van der Waals surface area contributed by atoms with Gasteiger partial charge in [-0.15, -0.1) is 0 Å². The molecular formula is C13H16N2O3. The fourth-order valence-electron chi connectivity index (χ4n) is 2.61. The molecule has 1 aromatic carbocycles. The van der Waals surface area contributed by atoms with Crippen molar-refractivity contribution in [3.8, 4) is 5.75 Å². The predicted molar refractivity (Wildman–Crippen MR) is 65.7 cm³/mol. The Morgan fingerprint density at radius 2 is 2.17 bits per heavy atom. The topological polar surface area (TPSA) is 53.0 Å². The minimum Gasteiger partial charge on any atom is -0.492 e. The fraction of sp³-hybridized carbons (Fsp3) is 0.462. The number of benzene rings is 1. The molecule has 0 aliphatic carbocycles. The summed E-state index contributed by atoms with van der Waals surface area (Å²) in [6.45, 7) is 3.28. The largest absolute Gasteiger partial charge is 0.492 e. The van der Waals surface area contributed by atoms with Gasteiger partial charge in [0.2, 0.25) is 0 Å². The highest BCUT2D eigenvalue weighted by Gasteiger charge is 2.32. The van der Waals surface area contributed by atoms with E-state index < -0.39 is 6.09 Å². The highest BCUT2D eigenvalue weighted by atomic mass is 16.5. The first-order valence-electron chi connectivity index (χ1n) is 6.16. The van der Waals surface area contributed by atoms with E-state index in [4.69, 9.17) is 9.84 Å². The number of para-hydroxylation sites is 1. The van der Waals surface area contributed by atoms with Crippen LogP contribution in [0.1, 0.15) is 5.56 Å². The van der Waals surface area contributed by atoms with Gasteiger partial charge in [0.15, 0.2) is 0 Å². The Bertz CT molecular complexity index is 463. The van der Waals surface area contributed by atoms with E-state index in [2.05, 4.69) is 11.0 Å². The van der Waals surface area contributed by atoms with Crippen molar-refractivity contribution in [1.82, 2.24) is 9.80 Å². The summed E-state index contributed by atoms with van der Waals surface area (Å²) in [5.41, 5.74) is 1.18. The van der Waals surface area contributed by atoms with Crippen molar-refractivity contribution in [2.24, 2.45) is 0 Å². The second-order valence-corrected chi connectivity index (χ2v) is 4.77. The van der Waals surface area contributed by atoms with E-state index in [1.54, 1.807) is 0 Å². The molecule has 3 rings (SSSR count). The number of hydrogen-bond acceptors (Lipinski definition) is 3. The van der Waals surface area contributed by atoms with E-state index in [1.807, 2.05) is 18.2 Å². The lowest BCUT2D eigenvalue weighted by atomic mass is 10.1. The van der Waals surface area contributed by atoms with E-state index in [-0.39, 0.29) is 6.04 Å². The van der Waals surface area contributed by atoms with E-state index in [9.17, 15) is 4.79 Å². The van der Waals surface area contributed by atoms with Crippen molar-refractivity contribution >= 4 is 6.09 Å². The van der Waals surface area contributed by atoms with Crippen LogP contribution >= 0.6 is 0 Å². The Morgan fingerprint density at radius 3 is 3.00 bits per heavy atom. The summed E-state index contributed by atoms with van der Waals surface area (Å²) >= 11 is 0. The monoisotopic (exact) mass is 248 g/mol. The van der Waals surface area contributed by atoms with Crippen LogP contribution in [0.5, 0.6) is 5.75 Å². The van der Waals surface area contributed by atoms with Crippen LogP contribution in [-0.2, 0) is 6.54 Å².